The molecule has 1 aromatic heterocycles. The van der Waals surface area contributed by atoms with Gasteiger partial charge in [0.2, 0.25) is 11.8 Å². The minimum atomic E-state index is -1.08. The highest BCUT2D eigenvalue weighted by molar-refractivity contribution is 5.90. The number of carboxylic acids is 1. The fourth-order valence-corrected chi connectivity index (χ4v) is 0.856. The number of halogens is 1. The Morgan fingerprint density at radius 3 is 2.43 bits per heavy atom. The zero-order valence-electron chi connectivity index (χ0n) is 7.68. The Labute approximate surface area is 87.1 Å². The van der Waals surface area contributed by atoms with Crippen molar-refractivity contribution >= 4 is 18.4 Å². The molecule has 0 saturated carbocycles. The molecule has 6 heteroatoms. The van der Waals surface area contributed by atoms with Crippen molar-refractivity contribution in [3.63, 3.8) is 0 Å². The number of methoxy groups -OCH3 is 2. The molecule has 78 valence electrons. The number of ether oxygens (including phenoxy) is 2. The molecule has 0 aliphatic heterocycles. The van der Waals surface area contributed by atoms with E-state index in [0.717, 1.165) is 0 Å². The third-order valence-electron chi connectivity index (χ3n) is 1.47. The van der Waals surface area contributed by atoms with Crippen LogP contribution in [-0.4, -0.2) is 30.3 Å². The van der Waals surface area contributed by atoms with Gasteiger partial charge in [0.15, 0.2) is 0 Å². The molecule has 1 rings (SSSR count). The highest BCUT2D eigenvalue weighted by atomic mass is 35.5. The van der Waals surface area contributed by atoms with Crippen LogP contribution in [0, 0.1) is 0 Å². The van der Waals surface area contributed by atoms with Crippen molar-refractivity contribution < 1.29 is 19.4 Å². The second-order valence-corrected chi connectivity index (χ2v) is 2.22. The van der Waals surface area contributed by atoms with E-state index in [9.17, 15) is 4.79 Å². The minimum absolute atomic E-state index is 0. The first-order valence-electron chi connectivity index (χ1n) is 3.51. The number of carboxylic acid groups (broad SMARTS) is 1. The van der Waals surface area contributed by atoms with E-state index in [1.54, 1.807) is 0 Å². The molecular weight excluding hydrogens is 210 g/mol. The van der Waals surface area contributed by atoms with Crippen molar-refractivity contribution in [2.24, 2.45) is 0 Å². The van der Waals surface area contributed by atoms with Crippen LogP contribution in [0.15, 0.2) is 12.1 Å². The molecule has 0 radical (unpaired) electrons. The van der Waals surface area contributed by atoms with Crippen molar-refractivity contribution in [2.75, 3.05) is 14.2 Å². The van der Waals surface area contributed by atoms with E-state index >= 15 is 0 Å². The van der Waals surface area contributed by atoms with Crippen LogP contribution >= 0.6 is 12.4 Å². The lowest BCUT2D eigenvalue weighted by Gasteiger charge is -2.04. The lowest BCUT2D eigenvalue weighted by Crippen LogP contribution is -2.03. The third kappa shape index (κ3) is 2.50. The molecule has 0 amide bonds. The molecule has 14 heavy (non-hydrogen) atoms. The largest absolute Gasteiger partial charge is 0.481 e. The van der Waals surface area contributed by atoms with E-state index in [-0.39, 0.29) is 23.9 Å². The van der Waals surface area contributed by atoms with Crippen molar-refractivity contribution in [1.29, 1.82) is 0 Å². The van der Waals surface area contributed by atoms with Gasteiger partial charge in [0, 0.05) is 6.07 Å². The molecule has 1 N–H and O–H groups in total. The van der Waals surface area contributed by atoms with Gasteiger partial charge in [-0.05, 0) is 6.07 Å². The first-order chi connectivity index (χ1) is 6.19. The van der Waals surface area contributed by atoms with Gasteiger partial charge in [-0.15, -0.1) is 12.4 Å². The van der Waals surface area contributed by atoms with E-state index in [1.807, 2.05) is 0 Å². The van der Waals surface area contributed by atoms with Crippen molar-refractivity contribution in [1.82, 2.24) is 4.98 Å². The molecule has 0 atom stereocenters. The Kier molecular flexibility index (Phi) is 4.72. The topological polar surface area (TPSA) is 68.7 Å². The zero-order chi connectivity index (χ0) is 9.84. The second kappa shape index (κ2) is 5.29. The molecule has 0 bridgehead atoms. The van der Waals surface area contributed by atoms with Gasteiger partial charge in [-0.25, -0.2) is 4.79 Å². The number of carbonyl (C=O) groups is 1. The summed E-state index contributed by atoms with van der Waals surface area (Å²) in [5.41, 5.74) is 0.0169. The molecular formula is C8H10ClNO4. The van der Waals surface area contributed by atoms with Gasteiger partial charge in [0.25, 0.3) is 0 Å². The van der Waals surface area contributed by atoms with E-state index < -0.39 is 5.97 Å². The maximum absolute atomic E-state index is 10.6. The van der Waals surface area contributed by atoms with E-state index in [4.69, 9.17) is 14.6 Å². The molecule has 0 saturated heterocycles. The molecule has 1 aromatic rings. The van der Waals surface area contributed by atoms with Gasteiger partial charge >= 0.3 is 5.97 Å². The number of aromatic nitrogens is 1. The maximum Gasteiger partial charge on any atom is 0.341 e. The summed E-state index contributed by atoms with van der Waals surface area (Å²) < 4.78 is 9.58. The Bertz CT molecular complexity index is 329. The highest BCUT2D eigenvalue weighted by Crippen LogP contribution is 2.19. The summed E-state index contributed by atoms with van der Waals surface area (Å²) in [7, 11) is 2.80. The highest BCUT2D eigenvalue weighted by Gasteiger charge is 2.12. The monoisotopic (exact) mass is 219 g/mol. The number of hydrogen-bond acceptors (Lipinski definition) is 4. The summed E-state index contributed by atoms with van der Waals surface area (Å²) in [5, 5.41) is 8.70. The summed E-state index contributed by atoms with van der Waals surface area (Å²) in [4.78, 5) is 14.4. The van der Waals surface area contributed by atoms with Gasteiger partial charge < -0.3 is 14.6 Å². The summed E-state index contributed by atoms with van der Waals surface area (Å²) in [6, 6.07) is 2.85. The van der Waals surface area contributed by atoms with Gasteiger partial charge in [-0.1, -0.05) is 0 Å². The average molecular weight is 220 g/mol. The van der Waals surface area contributed by atoms with Gasteiger partial charge in [-0.3, -0.25) is 0 Å². The summed E-state index contributed by atoms with van der Waals surface area (Å²) >= 11 is 0. The second-order valence-electron chi connectivity index (χ2n) is 2.22. The number of rotatable bonds is 3. The normalized spacial score (nSPS) is 8.71. The zero-order valence-corrected chi connectivity index (χ0v) is 8.50. The summed E-state index contributed by atoms with van der Waals surface area (Å²) in [6.07, 6.45) is 0. The quantitative estimate of drug-likeness (QED) is 0.828. The van der Waals surface area contributed by atoms with Crippen molar-refractivity contribution in [3.05, 3.63) is 17.7 Å². The molecule has 0 spiro atoms. The Balaban J connectivity index is 0.00000169. The van der Waals surface area contributed by atoms with Crippen LogP contribution in [-0.2, 0) is 0 Å². The Morgan fingerprint density at radius 1 is 1.36 bits per heavy atom. The van der Waals surface area contributed by atoms with Crippen molar-refractivity contribution in [3.8, 4) is 11.8 Å². The van der Waals surface area contributed by atoms with E-state index in [2.05, 4.69) is 4.98 Å². The maximum atomic E-state index is 10.6. The fraction of sp³-hybridized carbons (Fsp3) is 0.250. The van der Waals surface area contributed by atoms with E-state index in [1.165, 1.54) is 26.4 Å². The van der Waals surface area contributed by atoms with Gasteiger partial charge in [-0.2, -0.15) is 4.98 Å². The van der Waals surface area contributed by atoms with Crippen LogP contribution in [0.25, 0.3) is 0 Å². The summed E-state index contributed by atoms with van der Waals surface area (Å²) in [5.74, 6) is -0.708. The molecule has 0 aliphatic rings. The lowest BCUT2D eigenvalue weighted by atomic mass is 10.3. The lowest BCUT2D eigenvalue weighted by molar-refractivity contribution is 0.0692. The Hall–Kier alpha value is -1.49. The molecule has 0 fully saturated rings. The first kappa shape index (κ1) is 12.5. The standard InChI is InChI=1S/C8H9NO4.ClH/c1-12-6-4-3-5(8(10)11)7(9-6)13-2;/h3-4H,1-2H3,(H,10,11);1H. The van der Waals surface area contributed by atoms with Gasteiger partial charge in [0.1, 0.15) is 5.56 Å². The van der Waals surface area contributed by atoms with E-state index in [0.29, 0.717) is 5.88 Å². The predicted molar refractivity (Wildman–Crippen MR) is 51.5 cm³/mol. The third-order valence-corrected chi connectivity index (χ3v) is 1.47. The van der Waals surface area contributed by atoms with Crippen LogP contribution in [0.2, 0.25) is 0 Å². The predicted octanol–water partition coefficient (Wildman–Crippen LogP) is 1.22. The van der Waals surface area contributed by atoms with Gasteiger partial charge in [0.05, 0.1) is 14.2 Å². The average Bonchev–Trinajstić information content (AvgIpc) is 2.16. The van der Waals surface area contributed by atoms with Crippen molar-refractivity contribution in [2.45, 2.75) is 0 Å². The first-order valence-corrected chi connectivity index (χ1v) is 3.51. The summed E-state index contributed by atoms with van der Waals surface area (Å²) in [6.45, 7) is 0. The number of aromatic carboxylic acids is 1. The smallest absolute Gasteiger partial charge is 0.341 e. The van der Waals surface area contributed by atoms with Crippen LogP contribution < -0.4 is 9.47 Å². The number of nitrogens with zero attached hydrogens (tertiary/aromatic N) is 1. The minimum Gasteiger partial charge on any atom is -0.481 e. The molecule has 0 unspecified atom stereocenters. The Morgan fingerprint density at radius 2 is 2.00 bits per heavy atom. The fourth-order valence-electron chi connectivity index (χ4n) is 0.856. The number of hydrogen-bond donors (Lipinski definition) is 1. The van der Waals surface area contributed by atoms with Crippen LogP contribution in [0.5, 0.6) is 11.8 Å². The van der Waals surface area contributed by atoms with Crippen LogP contribution in [0.4, 0.5) is 0 Å². The SMILES string of the molecule is COc1ccc(C(=O)O)c(OC)n1.Cl. The molecule has 0 aromatic carbocycles. The van der Waals surface area contributed by atoms with Crippen LogP contribution in [0.1, 0.15) is 10.4 Å². The molecule has 1 heterocycles. The number of pyridine rings is 1. The molecule has 0 aliphatic carbocycles. The van der Waals surface area contributed by atoms with Crippen LogP contribution in [0.3, 0.4) is 0 Å². The molecule has 5 nitrogen and oxygen atoms in total.